The van der Waals surface area contributed by atoms with Crippen LogP contribution in [0, 0.1) is 0 Å². The highest BCUT2D eigenvalue weighted by molar-refractivity contribution is 5.76. The highest BCUT2D eigenvalue weighted by Crippen LogP contribution is 2.16. The van der Waals surface area contributed by atoms with Gasteiger partial charge in [-0.25, -0.2) is 0 Å². The summed E-state index contributed by atoms with van der Waals surface area (Å²) < 4.78 is 5.43. The summed E-state index contributed by atoms with van der Waals surface area (Å²) in [6.07, 6.45) is 51.7. The van der Waals surface area contributed by atoms with E-state index in [1.165, 1.54) is 180 Å². The Labute approximate surface area is 349 Å². The Hall–Kier alpha value is -1.40. The fraction of sp³-hybridized carbons (Fsp3) is 0.920. The third-order valence-corrected chi connectivity index (χ3v) is 11.6. The molecule has 2 atom stereocenters. The molecule has 0 saturated heterocycles. The lowest BCUT2D eigenvalue weighted by molar-refractivity contribution is -0.143. The van der Waals surface area contributed by atoms with Crippen molar-refractivity contribution in [2.24, 2.45) is 0 Å². The summed E-state index contributed by atoms with van der Waals surface area (Å²) in [4.78, 5) is 24.4. The number of carbonyl (C=O) groups excluding carboxylic acids is 2. The quantitative estimate of drug-likeness (QED) is 0.0324. The molecule has 0 aliphatic heterocycles. The van der Waals surface area contributed by atoms with Crippen LogP contribution in [0.15, 0.2) is 12.2 Å². The number of aliphatic hydroxyl groups excluding tert-OH is 2. The molecule has 6 nitrogen and oxygen atoms in total. The van der Waals surface area contributed by atoms with Crippen molar-refractivity contribution in [3.63, 3.8) is 0 Å². The molecule has 0 rings (SSSR count). The Morgan fingerprint density at radius 3 is 1.32 bits per heavy atom. The van der Waals surface area contributed by atoms with Gasteiger partial charge in [0.25, 0.3) is 0 Å². The lowest BCUT2D eigenvalue weighted by Crippen LogP contribution is -2.45. The second-order valence-electron chi connectivity index (χ2n) is 17.1. The first-order valence-electron chi connectivity index (χ1n) is 24.9. The normalized spacial score (nSPS) is 12.7. The van der Waals surface area contributed by atoms with Crippen molar-refractivity contribution >= 4 is 11.9 Å². The molecular formula is C50H97NO5. The second kappa shape index (κ2) is 46.3. The van der Waals surface area contributed by atoms with Gasteiger partial charge in [0.1, 0.15) is 0 Å². The smallest absolute Gasteiger partial charge is 0.305 e. The molecule has 3 N–H and O–H groups in total. The molecule has 2 unspecified atom stereocenters. The maximum absolute atomic E-state index is 12.4. The number of amides is 1. The highest BCUT2D eigenvalue weighted by atomic mass is 16.5. The largest absolute Gasteiger partial charge is 0.466 e. The van der Waals surface area contributed by atoms with Gasteiger partial charge in [-0.05, 0) is 44.9 Å². The van der Waals surface area contributed by atoms with Crippen LogP contribution >= 0.6 is 0 Å². The molecule has 0 aromatic rings. The van der Waals surface area contributed by atoms with Crippen molar-refractivity contribution in [2.45, 2.75) is 283 Å². The summed E-state index contributed by atoms with van der Waals surface area (Å²) in [7, 11) is 0. The van der Waals surface area contributed by atoms with Crippen molar-refractivity contribution < 1.29 is 24.5 Å². The fourth-order valence-electron chi connectivity index (χ4n) is 7.68. The molecule has 56 heavy (non-hydrogen) atoms. The van der Waals surface area contributed by atoms with Crippen molar-refractivity contribution in [1.29, 1.82) is 0 Å². The Bertz CT molecular complexity index is 832. The van der Waals surface area contributed by atoms with Gasteiger partial charge < -0.3 is 20.3 Å². The van der Waals surface area contributed by atoms with Crippen LogP contribution in [0.3, 0.4) is 0 Å². The number of hydrogen-bond acceptors (Lipinski definition) is 5. The first-order chi connectivity index (χ1) is 27.5. The molecule has 0 aliphatic carbocycles. The maximum Gasteiger partial charge on any atom is 0.305 e. The molecule has 1 amide bonds. The third-order valence-electron chi connectivity index (χ3n) is 11.6. The van der Waals surface area contributed by atoms with Crippen LogP contribution < -0.4 is 5.32 Å². The van der Waals surface area contributed by atoms with E-state index in [0.717, 1.165) is 57.8 Å². The second-order valence-corrected chi connectivity index (χ2v) is 17.1. The molecule has 0 saturated carbocycles. The van der Waals surface area contributed by atoms with Crippen LogP contribution in [0.2, 0.25) is 0 Å². The van der Waals surface area contributed by atoms with Gasteiger partial charge in [-0.1, -0.05) is 225 Å². The zero-order chi connectivity index (χ0) is 40.8. The number of ether oxygens (including phenoxy) is 1. The minimum absolute atomic E-state index is 0.0295. The fourth-order valence-corrected chi connectivity index (χ4v) is 7.68. The van der Waals surface area contributed by atoms with E-state index in [1.807, 2.05) is 0 Å². The van der Waals surface area contributed by atoms with Crippen molar-refractivity contribution in [3.8, 4) is 0 Å². The number of hydrogen-bond donors (Lipinski definition) is 3. The Balaban J connectivity index is 3.49. The van der Waals surface area contributed by atoms with Gasteiger partial charge >= 0.3 is 5.97 Å². The van der Waals surface area contributed by atoms with E-state index in [-0.39, 0.29) is 18.5 Å². The lowest BCUT2D eigenvalue weighted by Gasteiger charge is -2.22. The maximum atomic E-state index is 12.4. The molecule has 0 fully saturated rings. The molecule has 0 aromatic heterocycles. The monoisotopic (exact) mass is 792 g/mol. The van der Waals surface area contributed by atoms with Crippen molar-refractivity contribution in [1.82, 2.24) is 5.32 Å². The summed E-state index contributed by atoms with van der Waals surface area (Å²) >= 11 is 0. The van der Waals surface area contributed by atoms with E-state index >= 15 is 0 Å². The Kier molecular flexibility index (Phi) is 45.1. The zero-order valence-electron chi connectivity index (χ0n) is 37.6. The van der Waals surface area contributed by atoms with Crippen molar-refractivity contribution in [2.75, 3.05) is 13.2 Å². The summed E-state index contributed by atoms with van der Waals surface area (Å²) in [6.45, 7) is 4.87. The highest BCUT2D eigenvalue weighted by Gasteiger charge is 2.20. The number of unbranched alkanes of at least 4 members (excludes halogenated alkanes) is 33. The van der Waals surface area contributed by atoms with Crippen LogP contribution in [0.25, 0.3) is 0 Å². The van der Waals surface area contributed by atoms with E-state index in [9.17, 15) is 19.8 Å². The lowest BCUT2D eigenvalue weighted by atomic mass is 10.0. The number of carbonyl (C=O) groups is 2. The van der Waals surface area contributed by atoms with Gasteiger partial charge in [0.05, 0.1) is 25.4 Å². The van der Waals surface area contributed by atoms with Gasteiger partial charge in [0.2, 0.25) is 5.91 Å². The Morgan fingerprint density at radius 1 is 0.482 bits per heavy atom. The van der Waals surface area contributed by atoms with E-state index in [1.54, 1.807) is 0 Å². The van der Waals surface area contributed by atoms with Crippen LogP contribution in [-0.4, -0.2) is 47.4 Å². The van der Waals surface area contributed by atoms with Crippen LogP contribution in [-0.2, 0) is 14.3 Å². The van der Waals surface area contributed by atoms with Gasteiger partial charge in [-0.15, -0.1) is 0 Å². The minimum atomic E-state index is -0.678. The van der Waals surface area contributed by atoms with Crippen LogP contribution in [0.4, 0.5) is 0 Å². The standard InChI is InChI=1S/C50H97NO5/c1-3-5-7-9-11-13-15-16-17-18-19-20-21-23-26-30-34-38-42-48(53)47(46-52)51-49(54)43-39-35-31-27-24-25-29-33-37-41-45-56-50(55)44-40-36-32-28-22-14-12-10-8-6-4-2/h10,12,47-48,52-53H,3-9,11,13-46H2,1-2H3,(H,51,54)/b12-10-. The van der Waals surface area contributed by atoms with Crippen LogP contribution in [0.5, 0.6) is 0 Å². The first kappa shape index (κ1) is 54.6. The average Bonchev–Trinajstić information content (AvgIpc) is 3.20. The van der Waals surface area contributed by atoms with E-state index < -0.39 is 12.1 Å². The minimum Gasteiger partial charge on any atom is -0.466 e. The summed E-state index contributed by atoms with van der Waals surface area (Å²) in [5.74, 6) is -0.0862. The molecular weight excluding hydrogens is 695 g/mol. The van der Waals surface area contributed by atoms with Gasteiger partial charge in [-0.2, -0.15) is 0 Å². The van der Waals surface area contributed by atoms with E-state index in [0.29, 0.717) is 25.9 Å². The predicted molar refractivity (Wildman–Crippen MR) is 241 cm³/mol. The molecule has 6 heteroatoms. The molecule has 0 aromatic carbocycles. The van der Waals surface area contributed by atoms with E-state index in [4.69, 9.17) is 4.74 Å². The molecule has 0 aliphatic rings. The summed E-state index contributed by atoms with van der Waals surface area (Å²) in [5, 5.41) is 23.2. The number of nitrogens with one attached hydrogen (secondary N) is 1. The molecule has 0 bridgehead atoms. The predicted octanol–water partition coefficient (Wildman–Crippen LogP) is 14.6. The van der Waals surface area contributed by atoms with Gasteiger partial charge in [-0.3, -0.25) is 9.59 Å². The zero-order valence-corrected chi connectivity index (χ0v) is 37.6. The molecule has 0 heterocycles. The topological polar surface area (TPSA) is 95.9 Å². The number of aliphatic hydroxyl groups is 2. The molecule has 0 spiro atoms. The first-order valence-corrected chi connectivity index (χ1v) is 24.9. The number of rotatable bonds is 46. The van der Waals surface area contributed by atoms with Gasteiger partial charge in [0.15, 0.2) is 0 Å². The molecule has 0 radical (unpaired) electrons. The summed E-state index contributed by atoms with van der Waals surface area (Å²) in [5.41, 5.74) is 0. The Morgan fingerprint density at radius 2 is 0.857 bits per heavy atom. The van der Waals surface area contributed by atoms with Crippen molar-refractivity contribution in [3.05, 3.63) is 12.2 Å². The van der Waals surface area contributed by atoms with Crippen LogP contribution in [0.1, 0.15) is 271 Å². The summed E-state index contributed by atoms with van der Waals surface area (Å²) in [6, 6.07) is -0.558. The number of allylic oxidation sites excluding steroid dienone is 2. The SMILES string of the molecule is CCCC/C=C\CCCCCCCC(=O)OCCCCCCCCCCCCC(=O)NC(CO)C(O)CCCCCCCCCCCCCCCCCCCC. The average molecular weight is 792 g/mol. The number of esters is 1. The third kappa shape index (κ3) is 42.2. The van der Waals surface area contributed by atoms with Gasteiger partial charge in [0, 0.05) is 12.8 Å². The van der Waals surface area contributed by atoms with E-state index in [2.05, 4.69) is 31.3 Å². The molecule has 332 valence electrons.